The van der Waals surface area contributed by atoms with Gasteiger partial charge in [0.15, 0.2) is 0 Å². The Morgan fingerprint density at radius 1 is 0.375 bits per heavy atom. The molecule has 0 saturated carbocycles. The van der Waals surface area contributed by atoms with E-state index >= 15 is 0 Å². The number of benzene rings is 7. The lowest BCUT2D eigenvalue weighted by Gasteiger charge is -2.19. The monoisotopic (exact) mass is 640 g/mol. The van der Waals surface area contributed by atoms with Crippen molar-refractivity contribution in [2.24, 2.45) is 0 Å². The molecule has 0 atom stereocenters. The van der Waals surface area contributed by atoms with E-state index in [0.717, 1.165) is 27.5 Å². The highest BCUT2D eigenvalue weighted by atomic mass is 16.3. The van der Waals surface area contributed by atoms with E-state index in [1.54, 1.807) is 67.6 Å². The lowest BCUT2D eigenvalue weighted by molar-refractivity contribution is 0.449. The van der Waals surface area contributed by atoms with Crippen LogP contribution in [0.1, 0.15) is 33.7 Å². The van der Waals surface area contributed by atoms with Crippen LogP contribution in [0.25, 0.3) is 21.5 Å². The maximum absolute atomic E-state index is 10.2. The van der Waals surface area contributed by atoms with Crippen LogP contribution in [-0.4, -0.2) is 35.7 Å². The molecule has 0 aliphatic heterocycles. The first kappa shape index (κ1) is 33.0. The van der Waals surface area contributed by atoms with Gasteiger partial charge in [0.05, 0.1) is 10.8 Å². The van der Waals surface area contributed by atoms with Gasteiger partial charge in [-0.15, -0.1) is 0 Å². The van der Waals surface area contributed by atoms with E-state index in [0.29, 0.717) is 10.8 Å². The maximum atomic E-state index is 10.2. The Kier molecular flexibility index (Phi) is 9.91. The van der Waals surface area contributed by atoms with Gasteiger partial charge in [0, 0.05) is 12.0 Å². The zero-order valence-corrected chi connectivity index (χ0v) is 26.4. The molecule has 0 aliphatic carbocycles. The van der Waals surface area contributed by atoms with Gasteiger partial charge >= 0.3 is 0 Å². The highest BCUT2D eigenvalue weighted by Crippen LogP contribution is 2.42. The zero-order chi connectivity index (χ0) is 34.4. The second kappa shape index (κ2) is 14.4. The third kappa shape index (κ3) is 7.71. The predicted molar refractivity (Wildman–Crippen MR) is 189 cm³/mol. The van der Waals surface area contributed by atoms with E-state index in [9.17, 15) is 25.5 Å². The molecule has 0 bridgehead atoms. The molecule has 0 radical (unpaired) electrons. The summed E-state index contributed by atoms with van der Waals surface area (Å²) in [6, 6.07) is 39.4. The summed E-state index contributed by atoms with van der Waals surface area (Å²) in [6.07, 6.45) is 0. The number of fused-ring (bicyclic) bond motifs is 2. The van der Waals surface area contributed by atoms with Gasteiger partial charge in [-0.3, -0.25) is 0 Å². The molecule has 0 amide bonds. The third-order valence-electron chi connectivity index (χ3n) is 7.84. The molecule has 0 fully saturated rings. The predicted octanol–water partition coefficient (Wildman–Crippen LogP) is 9.10. The first-order valence-electron chi connectivity index (χ1n) is 15.2. The second-order valence-electron chi connectivity index (χ2n) is 11.5. The summed E-state index contributed by atoms with van der Waals surface area (Å²) in [7, 11) is 0. The van der Waals surface area contributed by atoms with Gasteiger partial charge in [-0.2, -0.15) is 0 Å². The molecule has 0 aromatic heterocycles. The minimum absolute atomic E-state index is 0.00477. The summed E-state index contributed by atoms with van der Waals surface area (Å²) in [5, 5.41) is 68.6. The summed E-state index contributed by atoms with van der Waals surface area (Å²) in [4.78, 5) is 0. The Hall–Kier alpha value is -6.34. The molecular formula is C41H36O7. The van der Waals surface area contributed by atoms with Gasteiger partial charge in [-0.25, -0.2) is 0 Å². The highest BCUT2D eigenvalue weighted by molar-refractivity contribution is 6.09. The van der Waals surface area contributed by atoms with Crippen LogP contribution in [0, 0.1) is 13.8 Å². The van der Waals surface area contributed by atoms with Crippen molar-refractivity contribution in [3.8, 4) is 40.2 Å². The van der Waals surface area contributed by atoms with Gasteiger partial charge in [0.25, 0.3) is 0 Å². The second-order valence-corrected chi connectivity index (χ2v) is 11.5. The van der Waals surface area contributed by atoms with Crippen LogP contribution in [0.2, 0.25) is 0 Å². The summed E-state index contributed by atoms with van der Waals surface area (Å²) >= 11 is 0. The highest BCUT2D eigenvalue weighted by Gasteiger charge is 2.17. The Bertz CT molecular complexity index is 1940. The number of aromatic hydroxyl groups is 7. The van der Waals surface area contributed by atoms with Crippen molar-refractivity contribution in [2.45, 2.75) is 19.8 Å². The summed E-state index contributed by atoms with van der Waals surface area (Å²) in [5.74, 6) is 0.722. The third-order valence-corrected chi connectivity index (χ3v) is 7.84. The standard InChI is InChI=1S/C20H18O2.C14H10O3.C7H8O2/c1-14-2-4-15(5-3-14)20(16-6-10-18(21)11-7-16)17-8-12-19(22)13-9-17;15-10-5-1-3-8-7-9-4-2-6-11(16)13(9)14(17)12(8)10;1-5-2-6(8)4-7(9)3-5/h2-13,20-22H,1H3;1-7,15-17H;2-4,8-9H,1H3. The quantitative estimate of drug-likeness (QED) is 0.0754. The van der Waals surface area contributed by atoms with E-state index in [1.165, 1.54) is 29.3 Å². The minimum Gasteiger partial charge on any atom is -0.508 e. The van der Waals surface area contributed by atoms with Gasteiger partial charge in [0.1, 0.15) is 40.2 Å². The Morgan fingerprint density at radius 3 is 1.17 bits per heavy atom. The molecule has 7 aromatic rings. The van der Waals surface area contributed by atoms with Crippen molar-refractivity contribution < 1.29 is 35.7 Å². The van der Waals surface area contributed by atoms with Gasteiger partial charge in [-0.1, -0.05) is 78.4 Å². The smallest absolute Gasteiger partial charge is 0.138 e. The van der Waals surface area contributed by atoms with Crippen molar-refractivity contribution >= 4 is 21.5 Å². The lowest BCUT2D eigenvalue weighted by Crippen LogP contribution is -2.03. The van der Waals surface area contributed by atoms with Crippen molar-refractivity contribution in [2.75, 3.05) is 0 Å². The molecule has 7 N–H and O–H groups in total. The SMILES string of the molecule is Cc1cc(O)cc(O)c1.Cc1ccc(C(c2ccc(O)cc2)c2ccc(O)cc2)cc1.Oc1cccc2cc3cccc(O)c3c(O)c12. The molecular weight excluding hydrogens is 604 g/mol. The minimum atomic E-state index is -0.0892. The first-order valence-corrected chi connectivity index (χ1v) is 15.2. The molecule has 242 valence electrons. The van der Waals surface area contributed by atoms with Gasteiger partial charge in [0.2, 0.25) is 0 Å². The Balaban J connectivity index is 0.000000153. The number of hydrogen-bond acceptors (Lipinski definition) is 7. The van der Waals surface area contributed by atoms with Crippen LogP contribution in [0.4, 0.5) is 0 Å². The largest absolute Gasteiger partial charge is 0.508 e. The summed E-state index contributed by atoms with van der Waals surface area (Å²) < 4.78 is 0. The number of hydrogen-bond donors (Lipinski definition) is 7. The molecule has 0 saturated heterocycles. The molecule has 48 heavy (non-hydrogen) atoms. The van der Waals surface area contributed by atoms with E-state index in [1.807, 2.05) is 30.3 Å². The molecule has 7 rings (SSSR count). The number of phenolic OH excluding ortho intramolecular Hbond substituents is 7. The molecule has 7 nitrogen and oxygen atoms in total. The average Bonchev–Trinajstić information content (AvgIpc) is 3.04. The first-order chi connectivity index (χ1) is 23.0. The van der Waals surface area contributed by atoms with E-state index in [4.69, 9.17) is 10.2 Å². The zero-order valence-electron chi connectivity index (χ0n) is 26.4. The van der Waals surface area contributed by atoms with E-state index in [-0.39, 0.29) is 46.2 Å². The van der Waals surface area contributed by atoms with Gasteiger partial charge in [-0.05, 0) is 101 Å². The fraction of sp³-hybridized carbons (Fsp3) is 0.0732. The van der Waals surface area contributed by atoms with Crippen molar-refractivity contribution in [1.82, 2.24) is 0 Å². The van der Waals surface area contributed by atoms with Crippen LogP contribution < -0.4 is 0 Å². The lowest BCUT2D eigenvalue weighted by atomic mass is 9.85. The van der Waals surface area contributed by atoms with Crippen LogP contribution in [-0.2, 0) is 0 Å². The Morgan fingerprint density at radius 2 is 0.771 bits per heavy atom. The van der Waals surface area contributed by atoms with E-state index < -0.39 is 0 Å². The topological polar surface area (TPSA) is 142 Å². The van der Waals surface area contributed by atoms with Crippen LogP contribution in [0.3, 0.4) is 0 Å². The molecule has 7 heteroatoms. The molecule has 0 unspecified atom stereocenters. The normalized spacial score (nSPS) is 10.6. The maximum Gasteiger partial charge on any atom is 0.138 e. The van der Waals surface area contributed by atoms with Crippen LogP contribution >= 0.6 is 0 Å². The van der Waals surface area contributed by atoms with Crippen LogP contribution in [0.15, 0.2) is 133 Å². The number of aryl methyl sites for hydroxylation is 2. The molecule has 0 spiro atoms. The summed E-state index contributed by atoms with van der Waals surface area (Å²) in [5.41, 5.74) is 5.47. The van der Waals surface area contributed by atoms with E-state index in [2.05, 4.69) is 31.2 Å². The van der Waals surface area contributed by atoms with Crippen molar-refractivity contribution in [3.63, 3.8) is 0 Å². The Labute approximate surface area is 278 Å². The number of phenols is 7. The number of rotatable bonds is 3. The molecule has 7 aromatic carbocycles. The van der Waals surface area contributed by atoms with Crippen molar-refractivity contribution in [1.29, 1.82) is 0 Å². The fourth-order valence-corrected chi connectivity index (χ4v) is 5.58. The average molecular weight is 641 g/mol. The van der Waals surface area contributed by atoms with Gasteiger partial charge < -0.3 is 35.7 Å². The fourth-order valence-electron chi connectivity index (χ4n) is 5.58. The van der Waals surface area contributed by atoms with Crippen molar-refractivity contribution in [3.05, 3.63) is 161 Å². The summed E-state index contributed by atoms with van der Waals surface area (Å²) in [6.45, 7) is 3.87. The molecule has 0 heterocycles. The molecule has 0 aliphatic rings. The van der Waals surface area contributed by atoms with Crippen LogP contribution in [0.5, 0.6) is 40.2 Å².